The molecule has 0 saturated carbocycles. The Hall–Kier alpha value is -8.66. The highest BCUT2D eigenvalue weighted by Gasteiger charge is 2.23. The topological polar surface area (TPSA) is 29.5 Å². The Morgan fingerprint density at radius 3 is 1.40 bits per heavy atom. The van der Waals surface area contributed by atoms with E-state index in [1.165, 1.54) is 38.2 Å². The van der Waals surface area contributed by atoms with Crippen molar-refractivity contribution in [1.82, 2.24) is 0 Å². The van der Waals surface area contributed by atoms with Gasteiger partial charge in [0.25, 0.3) is 0 Å². The maximum atomic E-state index is 6.90. The number of anilines is 3. The molecule has 304 valence electrons. The molecule has 0 N–H and O–H groups in total. The molecule has 0 fully saturated rings. The Morgan fingerprint density at radius 2 is 0.708 bits per heavy atom. The van der Waals surface area contributed by atoms with Crippen molar-refractivity contribution in [3.63, 3.8) is 0 Å². The monoisotopic (exact) mass is 829 g/mol. The molecule has 0 spiro atoms. The average molecular weight is 830 g/mol. The normalized spacial score (nSPS) is 11.7. The van der Waals surface area contributed by atoms with Gasteiger partial charge in [0, 0.05) is 38.7 Å². The van der Waals surface area contributed by atoms with Gasteiger partial charge in [-0.3, -0.25) is 0 Å². The van der Waals surface area contributed by atoms with Crippen LogP contribution in [0.5, 0.6) is 0 Å². The van der Waals surface area contributed by atoms with Crippen molar-refractivity contribution in [2.24, 2.45) is 0 Å². The maximum Gasteiger partial charge on any atom is 0.145 e. The first-order valence-corrected chi connectivity index (χ1v) is 22.2. The molecule has 0 radical (unpaired) electrons. The summed E-state index contributed by atoms with van der Waals surface area (Å²) in [5.74, 6) is 0. The number of furan rings is 2. The van der Waals surface area contributed by atoms with E-state index in [-0.39, 0.29) is 0 Å². The first-order chi connectivity index (χ1) is 32.2. The van der Waals surface area contributed by atoms with Crippen molar-refractivity contribution < 1.29 is 8.83 Å². The molecule has 0 aliphatic rings. The zero-order chi connectivity index (χ0) is 42.8. The van der Waals surface area contributed by atoms with Crippen LogP contribution >= 0.6 is 0 Å². The summed E-state index contributed by atoms with van der Waals surface area (Å²) in [4.78, 5) is 2.37. The predicted octanol–water partition coefficient (Wildman–Crippen LogP) is 17.9. The predicted molar refractivity (Wildman–Crippen MR) is 272 cm³/mol. The molecule has 0 amide bonds. The van der Waals surface area contributed by atoms with Gasteiger partial charge in [-0.1, -0.05) is 188 Å². The summed E-state index contributed by atoms with van der Waals surface area (Å²) in [5.41, 5.74) is 15.7. The third kappa shape index (κ3) is 6.12. The summed E-state index contributed by atoms with van der Waals surface area (Å²) >= 11 is 0. The lowest BCUT2D eigenvalue weighted by molar-refractivity contribution is 0.669. The highest BCUT2D eigenvalue weighted by Crippen LogP contribution is 2.48. The van der Waals surface area contributed by atoms with Gasteiger partial charge in [0.2, 0.25) is 0 Å². The minimum absolute atomic E-state index is 0.855. The molecule has 0 saturated heterocycles. The molecule has 3 nitrogen and oxygen atoms in total. The lowest BCUT2D eigenvalue weighted by Crippen LogP contribution is -2.10. The third-order valence-corrected chi connectivity index (χ3v) is 13.1. The molecule has 13 rings (SSSR count). The van der Waals surface area contributed by atoms with Crippen molar-refractivity contribution in [1.29, 1.82) is 0 Å². The number of para-hydroxylation sites is 3. The summed E-state index contributed by atoms with van der Waals surface area (Å²) in [6.45, 7) is 0. The summed E-state index contributed by atoms with van der Waals surface area (Å²) < 4.78 is 13.4. The van der Waals surface area contributed by atoms with E-state index in [1.807, 2.05) is 18.2 Å². The molecule has 13 aromatic rings. The van der Waals surface area contributed by atoms with Crippen LogP contribution in [0.1, 0.15) is 0 Å². The Morgan fingerprint density at radius 1 is 0.262 bits per heavy atom. The standard InChI is InChI=1S/C62H39NO2/c1-3-16-48-42(12-1)14-9-20-49(48)44-28-26-40(27-29-44)41-30-34-46(35-31-41)63(47-36-32-45(33-37-47)51-21-11-23-54-53-18-5-7-24-58(53)64-61(51)54)57-39-38-55(52-22-10-15-43-13-2-4-17-50(43)52)62-60(57)56-19-6-8-25-59(56)65-62/h1-39H. The van der Waals surface area contributed by atoms with E-state index in [1.54, 1.807) is 0 Å². The van der Waals surface area contributed by atoms with Crippen LogP contribution in [-0.4, -0.2) is 0 Å². The molecular weight excluding hydrogens is 791 g/mol. The summed E-state index contributed by atoms with van der Waals surface area (Å²) in [5, 5.41) is 9.27. The molecule has 0 atom stereocenters. The second-order valence-corrected chi connectivity index (χ2v) is 16.8. The zero-order valence-corrected chi connectivity index (χ0v) is 35.3. The summed E-state index contributed by atoms with van der Waals surface area (Å²) in [6, 6.07) is 84.6. The second-order valence-electron chi connectivity index (χ2n) is 16.8. The molecule has 3 heteroatoms. The molecule has 0 unspecified atom stereocenters. The molecular formula is C62H39NO2. The highest BCUT2D eigenvalue weighted by atomic mass is 16.3. The van der Waals surface area contributed by atoms with Crippen LogP contribution in [0, 0.1) is 0 Å². The van der Waals surface area contributed by atoms with Crippen LogP contribution in [0.4, 0.5) is 17.1 Å². The van der Waals surface area contributed by atoms with E-state index in [0.29, 0.717) is 0 Å². The molecule has 0 aliphatic carbocycles. The molecule has 2 heterocycles. The minimum Gasteiger partial charge on any atom is -0.455 e. The Balaban J connectivity index is 0.957. The fraction of sp³-hybridized carbons (Fsp3) is 0. The fourth-order valence-corrected chi connectivity index (χ4v) is 9.98. The Bertz CT molecular complexity index is 3920. The van der Waals surface area contributed by atoms with Gasteiger partial charge in [-0.15, -0.1) is 0 Å². The van der Waals surface area contributed by atoms with Crippen molar-refractivity contribution in [2.45, 2.75) is 0 Å². The van der Waals surface area contributed by atoms with E-state index in [9.17, 15) is 0 Å². The second kappa shape index (κ2) is 15.0. The molecule has 2 aromatic heterocycles. The van der Waals surface area contributed by atoms with E-state index in [4.69, 9.17) is 8.83 Å². The quantitative estimate of drug-likeness (QED) is 0.160. The number of fused-ring (bicyclic) bond motifs is 8. The van der Waals surface area contributed by atoms with E-state index < -0.39 is 0 Å². The van der Waals surface area contributed by atoms with Gasteiger partial charge in [0.1, 0.15) is 22.3 Å². The van der Waals surface area contributed by atoms with Crippen LogP contribution in [0.25, 0.3) is 110 Å². The fourth-order valence-electron chi connectivity index (χ4n) is 9.98. The van der Waals surface area contributed by atoms with Crippen molar-refractivity contribution in [3.8, 4) is 44.5 Å². The first-order valence-electron chi connectivity index (χ1n) is 22.2. The molecule has 0 bridgehead atoms. The smallest absolute Gasteiger partial charge is 0.145 e. The number of rotatable bonds is 7. The number of hydrogen-bond acceptors (Lipinski definition) is 3. The Labute approximate surface area is 375 Å². The van der Waals surface area contributed by atoms with E-state index >= 15 is 0 Å². The van der Waals surface area contributed by atoms with Crippen LogP contribution in [0.15, 0.2) is 245 Å². The molecule has 65 heavy (non-hydrogen) atoms. The molecule has 0 aliphatic heterocycles. The van der Waals surface area contributed by atoms with Gasteiger partial charge in [0.05, 0.1) is 11.1 Å². The minimum atomic E-state index is 0.855. The lowest BCUT2D eigenvalue weighted by atomic mass is 9.95. The Kier molecular flexibility index (Phi) is 8.53. The average Bonchev–Trinajstić information content (AvgIpc) is 3.96. The van der Waals surface area contributed by atoms with E-state index in [2.05, 4.69) is 223 Å². The largest absolute Gasteiger partial charge is 0.455 e. The number of nitrogens with zero attached hydrogens (tertiary/aromatic N) is 1. The summed E-state index contributed by atoms with van der Waals surface area (Å²) in [7, 11) is 0. The van der Waals surface area contributed by atoms with Gasteiger partial charge in [-0.25, -0.2) is 0 Å². The van der Waals surface area contributed by atoms with Crippen LogP contribution in [0.3, 0.4) is 0 Å². The summed E-state index contributed by atoms with van der Waals surface area (Å²) in [6.07, 6.45) is 0. The van der Waals surface area contributed by atoms with Crippen LogP contribution < -0.4 is 4.90 Å². The highest BCUT2D eigenvalue weighted by molar-refractivity contribution is 6.18. The van der Waals surface area contributed by atoms with Gasteiger partial charge in [-0.2, -0.15) is 0 Å². The third-order valence-electron chi connectivity index (χ3n) is 13.1. The van der Waals surface area contributed by atoms with Gasteiger partial charge in [-0.05, 0) is 103 Å². The lowest BCUT2D eigenvalue weighted by Gasteiger charge is -2.27. The van der Waals surface area contributed by atoms with Crippen molar-refractivity contribution in [3.05, 3.63) is 237 Å². The van der Waals surface area contributed by atoms with Gasteiger partial charge in [0.15, 0.2) is 0 Å². The first kappa shape index (κ1) is 36.9. The van der Waals surface area contributed by atoms with Crippen molar-refractivity contribution >= 4 is 82.5 Å². The van der Waals surface area contributed by atoms with Crippen molar-refractivity contribution in [2.75, 3.05) is 4.90 Å². The van der Waals surface area contributed by atoms with Gasteiger partial charge >= 0.3 is 0 Å². The zero-order valence-electron chi connectivity index (χ0n) is 35.3. The SMILES string of the molecule is c1ccc2c(-c3ccc(-c4ccc(N(c5ccc(-c6cccc7c6oc6ccccc67)cc5)c5ccc(-c6cccc7ccccc67)c6oc7ccccc7c56)cc4)cc3)cccc2c1. The maximum absolute atomic E-state index is 6.90. The van der Waals surface area contributed by atoms with Crippen LogP contribution in [-0.2, 0) is 0 Å². The van der Waals surface area contributed by atoms with E-state index in [0.717, 1.165) is 88.8 Å². The van der Waals surface area contributed by atoms with Gasteiger partial charge < -0.3 is 13.7 Å². The van der Waals surface area contributed by atoms with Crippen LogP contribution in [0.2, 0.25) is 0 Å². The molecule has 11 aromatic carbocycles. The number of benzene rings is 11. The number of hydrogen-bond donors (Lipinski definition) is 0.